The fourth-order valence-corrected chi connectivity index (χ4v) is 4.34. The predicted octanol–water partition coefficient (Wildman–Crippen LogP) is 1.68. The van der Waals surface area contributed by atoms with Gasteiger partial charge in [-0.05, 0) is 24.3 Å². The zero-order valence-electron chi connectivity index (χ0n) is 11.0. The molecule has 0 radical (unpaired) electrons. The molecule has 0 heterocycles. The first-order valence-corrected chi connectivity index (χ1v) is 9.20. The van der Waals surface area contributed by atoms with Crippen LogP contribution >= 0.6 is 7.59 Å². The average molecular weight is 326 g/mol. The van der Waals surface area contributed by atoms with Crippen LogP contribution in [0.5, 0.6) is 0 Å². The lowest BCUT2D eigenvalue weighted by Gasteiger charge is -2.25. The Kier molecular flexibility index (Phi) is 4.46. The van der Waals surface area contributed by atoms with Crippen LogP contribution in [0.15, 0.2) is 60.7 Å². The molecule has 0 amide bonds. The van der Waals surface area contributed by atoms with E-state index in [0.717, 1.165) is 4.31 Å². The van der Waals surface area contributed by atoms with Gasteiger partial charge in [0.15, 0.2) is 0 Å². The third-order valence-corrected chi connectivity index (χ3v) is 5.45. The Morgan fingerprint density at radius 2 is 1.24 bits per heavy atom. The molecule has 0 fully saturated rings. The number of nitrogens with two attached hydrogens (primary N) is 2. The molecule has 0 aromatic heterocycles. The number of rotatable bonds is 5. The highest BCUT2D eigenvalue weighted by Gasteiger charge is 2.28. The summed E-state index contributed by atoms with van der Waals surface area (Å²) in [5.41, 5.74) is 11.0. The SMILES string of the molecule is NP(N)(=O)NS(=O)(=O)N(c1ccccc1)c1ccccc1. The summed E-state index contributed by atoms with van der Waals surface area (Å²) in [6.45, 7) is 0. The van der Waals surface area contributed by atoms with E-state index in [1.54, 1.807) is 65.2 Å². The molecule has 2 aromatic carbocycles. The Morgan fingerprint density at radius 3 is 1.57 bits per heavy atom. The second kappa shape index (κ2) is 5.97. The molecule has 21 heavy (non-hydrogen) atoms. The van der Waals surface area contributed by atoms with E-state index in [1.165, 1.54) is 0 Å². The summed E-state index contributed by atoms with van der Waals surface area (Å²) < 4.78 is 39.1. The van der Waals surface area contributed by atoms with Crippen LogP contribution in [-0.2, 0) is 14.8 Å². The number of para-hydroxylation sites is 2. The van der Waals surface area contributed by atoms with Gasteiger partial charge < -0.3 is 0 Å². The maximum absolute atomic E-state index is 12.4. The normalized spacial score (nSPS) is 12.1. The molecule has 0 saturated carbocycles. The van der Waals surface area contributed by atoms with E-state index >= 15 is 0 Å². The van der Waals surface area contributed by atoms with Gasteiger partial charge in [0.2, 0.25) is 0 Å². The van der Waals surface area contributed by atoms with E-state index < -0.39 is 17.8 Å². The average Bonchev–Trinajstić information content (AvgIpc) is 2.38. The standard InChI is InChI=1S/C12H15N4O3PS/c13-20(14,17)15-21(18,19)16(11-7-3-1-4-8-11)12-9-5-2-6-10-12/h1-10H,(H5,13,14,15,17). The van der Waals surface area contributed by atoms with Crippen molar-refractivity contribution >= 4 is 29.2 Å². The van der Waals surface area contributed by atoms with Crippen LogP contribution in [0.3, 0.4) is 0 Å². The second-order valence-electron chi connectivity index (χ2n) is 4.24. The Balaban J connectivity index is 2.55. The van der Waals surface area contributed by atoms with E-state index in [1.807, 2.05) is 0 Å². The van der Waals surface area contributed by atoms with Gasteiger partial charge in [-0.15, -0.1) is 4.49 Å². The number of benzene rings is 2. The minimum atomic E-state index is -4.22. The monoisotopic (exact) mass is 326 g/mol. The Morgan fingerprint density at radius 1 is 0.857 bits per heavy atom. The fourth-order valence-electron chi connectivity index (χ4n) is 1.77. The lowest BCUT2D eigenvalue weighted by molar-refractivity contribution is 0.567. The van der Waals surface area contributed by atoms with Gasteiger partial charge in [0.25, 0.3) is 7.59 Å². The van der Waals surface area contributed by atoms with E-state index in [9.17, 15) is 13.0 Å². The van der Waals surface area contributed by atoms with Crippen LogP contribution in [0.2, 0.25) is 0 Å². The quantitative estimate of drug-likeness (QED) is 0.722. The van der Waals surface area contributed by atoms with Gasteiger partial charge in [0.1, 0.15) is 0 Å². The Labute approximate surface area is 123 Å². The molecule has 0 unspecified atom stereocenters. The van der Waals surface area contributed by atoms with Crippen LogP contribution in [0.25, 0.3) is 0 Å². The highest BCUT2D eigenvalue weighted by molar-refractivity contribution is 7.96. The lowest BCUT2D eigenvalue weighted by Crippen LogP contribution is -2.39. The zero-order chi connectivity index (χ0) is 15.5. The highest BCUT2D eigenvalue weighted by atomic mass is 32.2. The van der Waals surface area contributed by atoms with Crippen molar-refractivity contribution in [3.63, 3.8) is 0 Å². The molecule has 0 aliphatic carbocycles. The molecule has 7 nitrogen and oxygen atoms in total. The molecule has 2 rings (SSSR count). The maximum atomic E-state index is 12.4. The van der Waals surface area contributed by atoms with Gasteiger partial charge >= 0.3 is 10.2 Å². The second-order valence-corrected chi connectivity index (χ2v) is 7.71. The smallest absolute Gasteiger partial charge is 0.270 e. The molecular formula is C12H15N4O3PS. The van der Waals surface area contributed by atoms with Crippen molar-refractivity contribution in [2.75, 3.05) is 4.31 Å². The summed E-state index contributed by atoms with van der Waals surface area (Å²) in [5, 5.41) is 0. The van der Waals surface area contributed by atoms with Crippen LogP contribution in [-0.4, -0.2) is 8.42 Å². The van der Waals surface area contributed by atoms with Gasteiger partial charge in [-0.2, -0.15) is 8.42 Å². The predicted molar refractivity (Wildman–Crippen MR) is 83.1 cm³/mol. The third-order valence-electron chi connectivity index (χ3n) is 2.48. The Bertz CT molecular complexity index is 707. The lowest BCUT2D eigenvalue weighted by atomic mass is 10.3. The summed E-state index contributed by atoms with van der Waals surface area (Å²) >= 11 is 0. The van der Waals surface area contributed by atoms with E-state index in [-0.39, 0.29) is 0 Å². The Hall–Kier alpha value is -1.70. The molecule has 2 aromatic rings. The summed E-state index contributed by atoms with van der Waals surface area (Å²) in [6.07, 6.45) is 0. The molecular weight excluding hydrogens is 311 g/mol. The first-order chi connectivity index (χ1) is 9.80. The van der Waals surface area contributed by atoms with Gasteiger partial charge in [0, 0.05) is 0 Å². The van der Waals surface area contributed by atoms with Crippen molar-refractivity contribution in [2.45, 2.75) is 0 Å². The summed E-state index contributed by atoms with van der Waals surface area (Å²) in [5.74, 6) is 0. The van der Waals surface area contributed by atoms with E-state index in [4.69, 9.17) is 11.0 Å². The van der Waals surface area contributed by atoms with E-state index in [0.29, 0.717) is 11.4 Å². The first-order valence-electron chi connectivity index (χ1n) is 5.91. The number of anilines is 2. The van der Waals surface area contributed by atoms with Crippen LogP contribution < -0.4 is 19.8 Å². The van der Waals surface area contributed by atoms with Gasteiger partial charge in [-0.3, -0.25) is 15.6 Å². The van der Waals surface area contributed by atoms with Gasteiger partial charge in [0.05, 0.1) is 11.4 Å². The molecule has 5 N–H and O–H groups in total. The van der Waals surface area contributed by atoms with Gasteiger partial charge in [-0.25, -0.2) is 4.31 Å². The molecule has 0 aliphatic rings. The van der Waals surface area contributed by atoms with Crippen LogP contribution in [0.4, 0.5) is 11.4 Å². The first kappa shape index (κ1) is 15.7. The molecule has 0 aliphatic heterocycles. The maximum Gasteiger partial charge on any atom is 0.313 e. The summed E-state index contributed by atoms with van der Waals surface area (Å²) in [6, 6.07) is 16.7. The molecule has 0 saturated heterocycles. The van der Waals surface area contributed by atoms with Crippen molar-refractivity contribution in [2.24, 2.45) is 11.0 Å². The minimum Gasteiger partial charge on any atom is -0.270 e. The third kappa shape index (κ3) is 4.13. The largest absolute Gasteiger partial charge is 0.313 e. The fraction of sp³-hybridized carbons (Fsp3) is 0. The van der Waals surface area contributed by atoms with Crippen molar-refractivity contribution in [3.8, 4) is 0 Å². The van der Waals surface area contributed by atoms with Crippen molar-refractivity contribution < 1.29 is 13.0 Å². The molecule has 0 atom stereocenters. The van der Waals surface area contributed by atoms with E-state index in [2.05, 4.69) is 0 Å². The molecule has 9 heteroatoms. The molecule has 0 spiro atoms. The van der Waals surface area contributed by atoms with Crippen LogP contribution in [0, 0.1) is 0 Å². The van der Waals surface area contributed by atoms with Gasteiger partial charge in [-0.1, -0.05) is 36.4 Å². The number of hydrogen-bond donors (Lipinski definition) is 3. The summed E-state index contributed by atoms with van der Waals surface area (Å²) in [4.78, 5) is 0. The van der Waals surface area contributed by atoms with Crippen molar-refractivity contribution in [1.29, 1.82) is 0 Å². The number of hydrogen-bond acceptors (Lipinski definition) is 3. The number of nitrogens with one attached hydrogen (secondary N) is 1. The zero-order valence-corrected chi connectivity index (χ0v) is 12.7. The molecule has 112 valence electrons. The molecule has 0 bridgehead atoms. The minimum absolute atomic E-state index is 0.365. The number of nitrogens with zero attached hydrogens (tertiary/aromatic N) is 1. The van der Waals surface area contributed by atoms with Crippen molar-refractivity contribution in [1.82, 2.24) is 4.49 Å². The topological polar surface area (TPSA) is 119 Å². The van der Waals surface area contributed by atoms with Crippen LogP contribution in [0.1, 0.15) is 0 Å². The van der Waals surface area contributed by atoms with Crippen molar-refractivity contribution in [3.05, 3.63) is 60.7 Å². The highest BCUT2D eigenvalue weighted by Crippen LogP contribution is 2.31. The summed E-state index contributed by atoms with van der Waals surface area (Å²) in [7, 11) is -8.18.